The number of benzene rings is 1. The van der Waals surface area contributed by atoms with E-state index < -0.39 is 0 Å². The van der Waals surface area contributed by atoms with Crippen molar-refractivity contribution in [2.75, 3.05) is 5.75 Å². The fourth-order valence-corrected chi connectivity index (χ4v) is 5.39. The van der Waals surface area contributed by atoms with Crippen LogP contribution in [0.25, 0.3) is 10.2 Å². The second-order valence-corrected chi connectivity index (χ2v) is 9.39. The maximum absolute atomic E-state index is 13.6. The van der Waals surface area contributed by atoms with Crippen molar-refractivity contribution in [3.63, 3.8) is 0 Å². The van der Waals surface area contributed by atoms with Gasteiger partial charge in [0.1, 0.15) is 4.83 Å². The highest BCUT2D eigenvalue weighted by atomic mass is 32.2. The lowest BCUT2D eigenvalue weighted by atomic mass is 9.90. The van der Waals surface area contributed by atoms with E-state index in [9.17, 15) is 4.79 Å². The van der Waals surface area contributed by atoms with Gasteiger partial charge in [-0.3, -0.25) is 9.36 Å². The Labute approximate surface area is 173 Å². The van der Waals surface area contributed by atoms with E-state index in [1.54, 1.807) is 23.1 Å². The Balaban J connectivity index is 1.88. The van der Waals surface area contributed by atoms with Crippen LogP contribution in [0.2, 0.25) is 0 Å². The molecule has 4 nitrogen and oxygen atoms in total. The van der Waals surface area contributed by atoms with Crippen LogP contribution in [0.15, 0.2) is 52.9 Å². The minimum Gasteiger partial charge on any atom is -0.369 e. The number of hydrogen-bond acceptors (Lipinski definition) is 5. The highest BCUT2D eigenvalue weighted by molar-refractivity contribution is 7.99. The lowest BCUT2D eigenvalue weighted by Gasteiger charge is -2.32. The molecule has 1 aliphatic heterocycles. The average Bonchev–Trinajstić information content (AvgIpc) is 3.07. The zero-order valence-corrected chi connectivity index (χ0v) is 17.9. The van der Waals surface area contributed by atoms with Crippen LogP contribution in [0.4, 0.5) is 0 Å². The normalized spacial score (nSPS) is 18.9. The molecule has 0 amide bonds. The molecule has 0 unspecified atom stereocenters. The number of nitrogens with zero attached hydrogens (tertiary/aromatic N) is 2. The molecule has 0 saturated carbocycles. The number of hydrogen-bond donors (Lipinski definition) is 0. The molecule has 2 aromatic heterocycles. The third kappa shape index (κ3) is 3.56. The topological polar surface area (TPSA) is 44.1 Å². The first-order valence-electron chi connectivity index (χ1n) is 9.51. The first-order chi connectivity index (χ1) is 13.5. The third-order valence-electron chi connectivity index (χ3n) is 5.32. The van der Waals surface area contributed by atoms with Gasteiger partial charge in [0.2, 0.25) is 0 Å². The van der Waals surface area contributed by atoms with Gasteiger partial charge in [-0.05, 0) is 24.5 Å². The van der Waals surface area contributed by atoms with E-state index in [4.69, 9.17) is 9.72 Å². The SMILES string of the molecule is C=CCSc1nc2sc3c(c2c(=O)n1Cc1ccccc1)C[C@](C)(CC)OC3. The van der Waals surface area contributed by atoms with Crippen molar-refractivity contribution in [2.45, 2.75) is 50.6 Å². The number of ether oxygens (including phenoxy) is 1. The quantitative estimate of drug-likeness (QED) is 0.324. The van der Waals surface area contributed by atoms with Gasteiger partial charge in [-0.15, -0.1) is 17.9 Å². The highest BCUT2D eigenvalue weighted by Gasteiger charge is 2.33. The van der Waals surface area contributed by atoms with Crippen LogP contribution in [0.5, 0.6) is 0 Å². The Morgan fingerprint density at radius 1 is 1.39 bits per heavy atom. The van der Waals surface area contributed by atoms with E-state index in [1.165, 1.54) is 0 Å². The van der Waals surface area contributed by atoms with Crippen molar-refractivity contribution < 1.29 is 4.74 Å². The summed E-state index contributed by atoms with van der Waals surface area (Å²) in [7, 11) is 0. The predicted octanol–water partition coefficient (Wildman–Crippen LogP) is 5.03. The molecule has 0 radical (unpaired) electrons. The number of thiophene rings is 1. The van der Waals surface area contributed by atoms with Crippen molar-refractivity contribution in [3.8, 4) is 0 Å². The van der Waals surface area contributed by atoms with Crippen LogP contribution in [-0.4, -0.2) is 20.9 Å². The molecular weight excluding hydrogens is 388 g/mol. The van der Waals surface area contributed by atoms with E-state index >= 15 is 0 Å². The first-order valence-corrected chi connectivity index (χ1v) is 11.3. The fourth-order valence-electron chi connectivity index (χ4n) is 3.51. The Morgan fingerprint density at radius 3 is 2.89 bits per heavy atom. The van der Waals surface area contributed by atoms with Crippen molar-refractivity contribution in [3.05, 3.63) is 69.3 Å². The van der Waals surface area contributed by atoms with E-state index in [2.05, 4.69) is 20.4 Å². The maximum atomic E-state index is 13.6. The van der Waals surface area contributed by atoms with Crippen LogP contribution in [-0.2, 0) is 24.3 Å². The molecular formula is C22H24N2O2S2. The number of thioether (sulfide) groups is 1. The Morgan fingerprint density at radius 2 is 2.18 bits per heavy atom. The molecule has 146 valence electrons. The molecule has 0 spiro atoms. The molecule has 0 bridgehead atoms. The zero-order valence-electron chi connectivity index (χ0n) is 16.2. The molecule has 0 aliphatic carbocycles. The molecule has 0 saturated heterocycles. The molecule has 1 aromatic carbocycles. The molecule has 0 fully saturated rings. The van der Waals surface area contributed by atoms with Gasteiger partial charge in [0, 0.05) is 17.1 Å². The maximum Gasteiger partial charge on any atom is 0.263 e. The monoisotopic (exact) mass is 412 g/mol. The van der Waals surface area contributed by atoms with Gasteiger partial charge in [-0.25, -0.2) is 4.98 Å². The summed E-state index contributed by atoms with van der Waals surface area (Å²) in [6, 6.07) is 10.1. The van der Waals surface area contributed by atoms with Gasteiger partial charge < -0.3 is 4.74 Å². The van der Waals surface area contributed by atoms with Crippen LogP contribution in [0.3, 0.4) is 0 Å². The zero-order chi connectivity index (χ0) is 19.7. The molecule has 0 N–H and O–H groups in total. The Hall–Kier alpha value is -1.89. The second-order valence-electron chi connectivity index (χ2n) is 7.32. The number of fused-ring (bicyclic) bond motifs is 3. The van der Waals surface area contributed by atoms with Crippen molar-refractivity contribution >= 4 is 33.3 Å². The lowest BCUT2D eigenvalue weighted by molar-refractivity contribution is -0.0543. The summed E-state index contributed by atoms with van der Waals surface area (Å²) in [6.07, 6.45) is 3.52. The molecule has 3 heterocycles. The third-order valence-corrected chi connectivity index (χ3v) is 7.40. The summed E-state index contributed by atoms with van der Waals surface area (Å²) in [5, 5.41) is 1.53. The van der Waals surface area contributed by atoms with Gasteiger partial charge >= 0.3 is 0 Å². The number of rotatable bonds is 6. The van der Waals surface area contributed by atoms with Gasteiger partial charge in [0.05, 0.1) is 24.1 Å². The fraction of sp³-hybridized carbons (Fsp3) is 0.364. The summed E-state index contributed by atoms with van der Waals surface area (Å²) in [6.45, 7) is 9.15. The average molecular weight is 413 g/mol. The number of aromatic nitrogens is 2. The van der Waals surface area contributed by atoms with Crippen LogP contribution in [0, 0.1) is 0 Å². The lowest BCUT2D eigenvalue weighted by Crippen LogP contribution is -2.34. The van der Waals surface area contributed by atoms with E-state index in [0.717, 1.165) is 50.0 Å². The van der Waals surface area contributed by atoms with Gasteiger partial charge in [-0.2, -0.15) is 0 Å². The van der Waals surface area contributed by atoms with Crippen molar-refractivity contribution in [1.29, 1.82) is 0 Å². The standard InChI is InChI=1S/C22H24N2O2S2/c1-4-11-27-21-23-19-18(16-12-22(3,5-2)26-14-17(16)28-19)20(25)24(21)13-15-9-7-6-8-10-15/h4,6-10H,1,5,11-14H2,2-3H3/t22-/m0/s1. The molecule has 1 aliphatic rings. The van der Waals surface area contributed by atoms with Gasteiger partial charge in [0.15, 0.2) is 5.16 Å². The molecule has 1 atom stereocenters. The summed E-state index contributed by atoms with van der Waals surface area (Å²) in [5.74, 6) is 0.717. The minimum absolute atomic E-state index is 0.0540. The highest BCUT2D eigenvalue weighted by Crippen LogP contribution is 2.38. The Bertz CT molecular complexity index is 1070. The summed E-state index contributed by atoms with van der Waals surface area (Å²) < 4.78 is 7.90. The van der Waals surface area contributed by atoms with E-state index in [-0.39, 0.29) is 11.2 Å². The second kappa shape index (κ2) is 7.85. The first kappa shape index (κ1) is 19.4. The summed E-state index contributed by atoms with van der Waals surface area (Å²) in [5.41, 5.74) is 2.07. The molecule has 4 rings (SSSR count). The largest absolute Gasteiger partial charge is 0.369 e. The summed E-state index contributed by atoms with van der Waals surface area (Å²) >= 11 is 3.15. The minimum atomic E-state index is -0.214. The predicted molar refractivity (Wildman–Crippen MR) is 118 cm³/mol. The van der Waals surface area contributed by atoms with Gasteiger partial charge in [0.25, 0.3) is 5.56 Å². The van der Waals surface area contributed by atoms with E-state index in [1.807, 2.05) is 41.0 Å². The molecule has 28 heavy (non-hydrogen) atoms. The van der Waals surface area contributed by atoms with Crippen LogP contribution >= 0.6 is 23.1 Å². The van der Waals surface area contributed by atoms with Crippen LogP contribution < -0.4 is 5.56 Å². The van der Waals surface area contributed by atoms with E-state index in [0.29, 0.717) is 13.2 Å². The van der Waals surface area contributed by atoms with Crippen molar-refractivity contribution in [1.82, 2.24) is 9.55 Å². The smallest absolute Gasteiger partial charge is 0.263 e. The van der Waals surface area contributed by atoms with Crippen molar-refractivity contribution in [2.24, 2.45) is 0 Å². The Kier molecular flexibility index (Phi) is 5.45. The summed E-state index contributed by atoms with van der Waals surface area (Å²) in [4.78, 5) is 20.5. The van der Waals surface area contributed by atoms with Crippen LogP contribution in [0.1, 0.15) is 36.3 Å². The molecule has 6 heteroatoms. The molecule has 3 aromatic rings. The van der Waals surface area contributed by atoms with Gasteiger partial charge in [-0.1, -0.05) is 55.1 Å².